The van der Waals surface area contributed by atoms with Crippen LogP contribution in [0.1, 0.15) is 68.8 Å². The standard InChI is InChI=1S/C33H29N11O2.C22H19ClN8O2.C22H20N8O2.C10H9ClN6O2.C10H10N6O2/c45-28-13-14-29(30(46)19-28)41-42-31-38-32(43(20-24-9-1-5-15-34-24)21-25-10-2-6-16-35-25)40-33(39-31)44(22-26-11-3-7-17-36-26)23-27-12-4-8-18-37-27;1-14-26-21(30-29-18-10-17(23)19(32)11-20(18)33)28-22(27-14)31(12-15-6-2-4-8-24-15)13-16-7-3-5-9-25-16;1-15-25-21(29-28-19-9-8-18(31)12-20(19)32)27-22(26-15)30(13-16-6-2-4-10-23-16)14-17-7-3-5-11-24-17;1-4-13-9(12)15-10(14-4)17-16-6-2-5(11)7(18)3-8(6)19;1-5-12-9(11)14-10(13-5)16-15-7-3-2-6(17)4-8(7)18/h1-19,45-46H,20-23H2;2-11,32-33H,12-13H2,1H3;2-12,31-32H,13-14H2,1H3;2-3,18-19H,1H3,(H2,12,13,14,15);2-4,17-18H,1H3,(H2,11,12,13,14). The van der Waals surface area contributed by atoms with E-state index in [9.17, 15) is 46.0 Å². The third kappa shape index (κ3) is 31.9. The first kappa shape index (κ1) is 104. The van der Waals surface area contributed by atoms with E-state index in [1.807, 2.05) is 165 Å². The fourth-order valence-electron chi connectivity index (χ4n) is 12.8. The van der Waals surface area contributed by atoms with E-state index in [0.717, 1.165) is 63.8 Å². The number of azo groups is 5. The number of anilines is 6. The zero-order chi connectivity index (χ0) is 104. The van der Waals surface area contributed by atoms with Gasteiger partial charge < -0.3 is 82.1 Å². The number of phenolic OH excluding ortho intramolecular Hbond substituents is 10. The van der Waals surface area contributed by atoms with E-state index in [1.54, 1.807) is 77.3 Å². The van der Waals surface area contributed by atoms with E-state index >= 15 is 0 Å². The molecule has 0 unspecified atom stereocenters. The van der Waals surface area contributed by atoms with Gasteiger partial charge in [-0.2, -0.15) is 74.8 Å². The molecule has 18 rings (SSSR count). The number of benzene rings is 5. The van der Waals surface area contributed by atoms with Crippen molar-refractivity contribution in [1.82, 2.24) is 115 Å². The van der Waals surface area contributed by atoms with E-state index in [-0.39, 0.29) is 138 Å². The number of aryl methyl sites for hydroxylation is 4. The highest BCUT2D eigenvalue weighted by molar-refractivity contribution is 6.32. The first-order chi connectivity index (χ1) is 71.6. The minimum absolute atomic E-state index is 0.00607. The monoisotopic (exact) mass is 2030 g/mol. The number of rotatable bonds is 30. The molecule has 0 spiro atoms. The van der Waals surface area contributed by atoms with Crippen LogP contribution in [0.2, 0.25) is 10.0 Å². The molecule has 18 aromatic rings. The van der Waals surface area contributed by atoms with Crippen LogP contribution in [0.3, 0.4) is 0 Å². The van der Waals surface area contributed by atoms with Crippen molar-refractivity contribution in [2.45, 2.75) is 80.1 Å². The van der Waals surface area contributed by atoms with E-state index in [0.29, 0.717) is 99.4 Å². The molecule has 0 aliphatic carbocycles. The Bertz CT molecular complexity index is 7340. The average molecular weight is 2030 g/mol. The predicted molar refractivity (Wildman–Crippen MR) is 540 cm³/mol. The smallest absolute Gasteiger partial charge is 0.275 e. The van der Waals surface area contributed by atoms with E-state index < -0.39 is 0 Å². The van der Waals surface area contributed by atoms with Gasteiger partial charge in [0.2, 0.25) is 35.7 Å². The van der Waals surface area contributed by atoms with Crippen LogP contribution in [-0.4, -0.2) is 166 Å². The van der Waals surface area contributed by atoms with Crippen LogP contribution in [0, 0.1) is 27.7 Å². The molecule has 0 aliphatic heterocycles. The SMILES string of the molecule is Cc1nc(N)nc(N=Nc2cc(Cl)c(O)cc2O)n1.Cc1nc(N)nc(N=Nc2ccc(O)cc2O)n1.Cc1nc(N=Nc2cc(Cl)c(O)cc2O)nc(N(Cc2ccccn2)Cc2ccccn2)n1.Cc1nc(N=Nc2ccc(O)cc2O)nc(N(Cc2ccccn2)Cc2ccccn2)n1.Oc1ccc(N=Nc2nc(N(Cc3ccccn3)Cc3ccccn3)nc(N(Cc3ccccn3)Cc3ccccn3)n2)c(O)c1. The number of pyridine rings is 8. The second-order valence-corrected chi connectivity index (χ2v) is 31.7. The molecule has 0 radical (unpaired) electrons. The van der Waals surface area contributed by atoms with Crippen molar-refractivity contribution in [1.29, 1.82) is 0 Å². The highest BCUT2D eigenvalue weighted by Crippen LogP contribution is 2.41. The lowest BCUT2D eigenvalue weighted by Crippen LogP contribution is -2.29. The van der Waals surface area contributed by atoms with Gasteiger partial charge in [0.15, 0.2) is 0 Å². The molecule has 0 saturated carbocycles. The van der Waals surface area contributed by atoms with Gasteiger partial charge in [-0.15, -0.1) is 51.1 Å². The topological polar surface area (TPSA) is 687 Å². The Morgan fingerprint density at radius 2 is 0.426 bits per heavy atom. The number of nitrogen functional groups attached to an aromatic ring is 2. The first-order valence-corrected chi connectivity index (χ1v) is 44.8. The molecule has 49 nitrogen and oxygen atoms in total. The molecule has 148 heavy (non-hydrogen) atoms. The summed E-state index contributed by atoms with van der Waals surface area (Å²) in [5, 5.41) is 136. The summed E-state index contributed by atoms with van der Waals surface area (Å²) in [7, 11) is 0. The Balaban J connectivity index is 0.000000152. The molecule has 0 bridgehead atoms. The molecule has 0 fully saturated rings. The van der Waals surface area contributed by atoms with Crippen molar-refractivity contribution in [3.05, 3.63) is 353 Å². The second-order valence-electron chi connectivity index (χ2n) is 30.9. The molecule has 0 aliphatic rings. The molecule has 14 N–H and O–H groups in total. The molecule has 744 valence electrons. The van der Waals surface area contributed by atoms with Crippen molar-refractivity contribution in [3.63, 3.8) is 0 Å². The Morgan fingerprint density at radius 1 is 0.216 bits per heavy atom. The number of nitrogens with two attached hydrogens (primary N) is 2. The summed E-state index contributed by atoms with van der Waals surface area (Å²) in [6, 6.07) is 62.3. The fraction of sp³-hybridized carbons (Fsp3) is 0.124. The zero-order valence-electron chi connectivity index (χ0n) is 78.6. The highest BCUT2D eigenvalue weighted by atomic mass is 35.5. The van der Waals surface area contributed by atoms with Crippen LogP contribution in [0.5, 0.6) is 57.5 Å². The summed E-state index contributed by atoms with van der Waals surface area (Å²) in [4.78, 5) is 107. The van der Waals surface area contributed by atoms with Crippen molar-refractivity contribution in [2.75, 3.05) is 31.1 Å². The third-order valence-corrected chi connectivity index (χ3v) is 20.1. The number of aromatic hydroxyl groups is 10. The van der Waals surface area contributed by atoms with Crippen LogP contribution in [-0.2, 0) is 52.4 Å². The highest BCUT2D eigenvalue weighted by Gasteiger charge is 2.24. The van der Waals surface area contributed by atoms with Crippen LogP contribution in [0.25, 0.3) is 0 Å². The van der Waals surface area contributed by atoms with Gasteiger partial charge in [0.25, 0.3) is 29.7 Å². The van der Waals surface area contributed by atoms with Gasteiger partial charge in [0, 0.05) is 79.9 Å². The Hall–Kier alpha value is -20.3. The summed E-state index contributed by atoms with van der Waals surface area (Å²) < 4.78 is 0. The summed E-state index contributed by atoms with van der Waals surface area (Å²) in [5.41, 5.74) is 18.1. The largest absolute Gasteiger partial charge is 0.508 e. The molecule has 5 aromatic carbocycles. The van der Waals surface area contributed by atoms with Crippen LogP contribution < -0.4 is 31.1 Å². The van der Waals surface area contributed by atoms with Crippen LogP contribution >= 0.6 is 23.2 Å². The van der Waals surface area contributed by atoms with E-state index in [1.165, 1.54) is 60.7 Å². The van der Waals surface area contributed by atoms with Gasteiger partial charge in [-0.25, -0.2) is 0 Å². The van der Waals surface area contributed by atoms with Crippen LogP contribution in [0.15, 0.2) is 325 Å². The second kappa shape index (κ2) is 51.2. The molecule has 13 aromatic heterocycles. The van der Waals surface area contributed by atoms with Crippen molar-refractivity contribution < 1.29 is 51.1 Å². The molecule has 0 saturated heterocycles. The van der Waals surface area contributed by atoms with Crippen molar-refractivity contribution in [3.8, 4) is 57.5 Å². The van der Waals surface area contributed by atoms with Crippen molar-refractivity contribution in [2.24, 2.45) is 51.1 Å². The van der Waals surface area contributed by atoms with Gasteiger partial charge in [-0.1, -0.05) is 71.7 Å². The quantitative estimate of drug-likeness (QED) is 0.0186. The van der Waals surface area contributed by atoms with Crippen LogP contribution in [0.4, 0.5) is 93.9 Å². The minimum Gasteiger partial charge on any atom is -0.508 e. The summed E-state index contributed by atoms with van der Waals surface area (Å²) in [6.45, 7) is 10.0. The van der Waals surface area contributed by atoms with Gasteiger partial charge in [0.1, 0.15) is 109 Å². The van der Waals surface area contributed by atoms with Gasteiger partial charge in [-0.3, -0.25) is 39.9 Å². The van der Waals surface area contributed by atoms with Gasteiger partial charge in [0.05, 0.1) is 108 Å². The lowest BCUT2D eigenvalue weighted by atomic mass is 10.3. The minimum atomic E-state index is -0.279. The third-order valence-electron chi connectivity index (χ3n) is 19.5. The number of halogens is 2. The molecular formula is C97H87Cl2N39O10. The Morgan fingerprint density at radius 3 is 0.649 bits per heavy atom. The Kier molecular flexibility index (Phi) is 35.9. The summed E-state index contributed by atoms with van der Waals surface area (Å²) in [5.74, 6) is 1.47. The van der Waals surface area contributed by atoms with Crippen molar-refractivity contribution >= 4 is 117 Å². The van der Waals surface area contributed by atoms with Gasteiger partial charge >= 0.3 is 0 Å². The fourth-order valence-corrected chi connectivity index (χ4v) is 13.1. The average Bonchev–Trinajstić information content (AvgIpc) is 0.809. The predicted octanol–water partition coefficient (Wildman–Crippen LogP) is 18.2. The number of nitrogens with zero attached hydrogens (tertiary/aromatic N) is 37. The van der Waals surface area contributed by atoms with Gasteiger partial charge in [-0.05, 0) is 173 Å². The summed E-state index contributed by atoms with van der Waals surface area (Å²) >= 11 is 11.6. The first-order valence-electron chi connectivity index (χ1n) is 44.1. The molecular weight excluding hydrogens is 1940 g/mol. The maximum absolute atomic E-state index is 10.3. The number of aromatic nitrogens is 23. The lowest BCUT2D eigenvalue weighted by molar-refractivity contribution is 0.450. The zero-order valence-corrected chi connectivity index (χ0v) is 80.1. The maximum Gasteiger partial charge on any atom is 0.275 e. The van der Waals surface area contributed by atoms with E-state index in [2.05, 4.69) is 161 Å². The maximum atomic E-state index is 10.3. The number of hydrogen-bond donors (Lipinski definition) is 12. The molecule has 13 heterocycles. The molecule has 0 atom stereocenters. The number of hydrogen-bond acceptors (Lipinski definition) is 49. The molecule has 0 amide bonds. The summed E-state index contributed by atoms with van der Waals surface area (Å²) in [6.07, 6.45) is 13.9. The number of phenols is 10. The van der Waals surface area contributed by atoms with E-state index in [4.69, 9.17) is 44.8 Å². The molecule has 51 heteroatoms. The lowest BCUT2D eigenvalue weighted by Gasteiger charge is -2.26. The Labute approximate surface area is 850 Å². The normalized spacial score (nSPS) is 11.0.